The van der Waals surface area contributed by atoms with Crippen LogP contribution in [0.25, 0.3) is 5.57 Å². The van der Waals surface area contributed by atoms with E-state index >= 15 is 0 Å². The summed E-state index contributed by atoms with van der Waals surface area (Å²) in [5, 5.41) is 13.1. The summed E-state index contributed by atoms with van der Waals surface area (Å²) in [7, 11) is 0. The van der Waals surface area contributed by atoms with Gasteiger partial charge in [-0.3, -0.25) is 0 Å². The summed E-state index contributed by atoms with van der Waals surface area (Å²) >= 11 is 0. The van der Waals surface area contributed by atoms with Crippen LogP contribution < -0.4 is 5.32 Å². The normalized spacial score (nSPS) is 15.9. The van der Waals surface area contributed by atoms with Crippen LogP contribution in [0.3, 0.4) is 0 Å². The van der Waals surface area contributed by atoms with Gasteiger partial charge in [-0.2, -0.15) is 5.26 Å². The predicted molar refractivity (Wildman–Crippen MR) is 176 cm³/mol. The molecule has 4 heteroatoms. The van der Waals surface area contributed by atoms with E-state index in [-0.39, 0.29) is 5.82 Å². The third-order valence-electron chi connectivity index (χ3n) is 8.39. The molecule has 1 fully saturated rings. The van der Waals surface area contributed by atoms with Gasteiger partial charge in [-0.25, -0.2) is 4.39 Å². The van der Waals surface area contributed by atoms with Crippen molar-refractivity contribution in [1.82, 2.24) is 10.2 Å². The standard InChI is InChI=1S/C38H48FN3/c1-7-41-23-12-24-42-31(5)20-22-36(42)21-19-29(3)38(28(2)13-10-14-33-15-11-17-35(39)26-33)25-30(4)32(6)37-18-9-8-16-34(37)27-40/h8-9,11,15-18,25-26,36,41H,2-3,5,7,10,12-14,19-24H2,1,4,6H3/b32-30+,38-25+. The first kappa shape index (κ1) is 32.8. The molecule has 0 aliphatic carbocycles. The zero-order valence-electron chi connectivity index (χ0n) is 25.9. The molecule has 1 heterocycles. The molecule has 0 radical (unpaired) electrons. The molecule has 0 amide bonds. The van der Waals surface area contributed by atoms with E-state index in [2.05, 4.69) is 62.9 Å². The van der Waals surface area contributed by atoms with Crippen LogP contribution in [0.15, 0.2) is 102 Å². The summed E-state index contributed by atoms with van der Waals surface area (Å²) in [5.74, 6) is -0.195. The van der Waals surface area contributed by atoms with Crippen molar-refractivity contribution < 1.29 is 4.39 Å². The highest BCUT2D eigenvalue weighted by Gasteiger charge is 2.26. The zero-order chi connectivity index (χ0) is 30.5. The molecule has 3 rings (SSSR count). The van der Waals surface area contributed by atoms with E-state index in [4.69, 9.17) is 0 Å². The van der Waals surface area contributed by atoms with Crippen molar-refractivity contribution in [1.29, 1.82) is 5.26 Å². The van der Waals surface area contributed by atoms with Crippen molar-refractivity contribution in [2.24, 2.45) is 0 Å². The summed E-state index contributed by atoms with van der Waals surface area (Å²) < 4.78 is 13.7. The maximum absolute atomic E-state index is 13.7. The fourth-order valence-corrected chi connectivity index (χ4v) is 5.79. The highest BCUT2D eigenvalue weighted by atomic mass is 19.1. The Hall–Kier alpha value is -3.68. The Bertz CT molecular complexity index is 1360. The number of hydrogen-bond donors (Lipinski definition) is 1. The Balaban J connectivity index is 1.78. The average molecular weight is 566 g/mol. The second-order valence-corrected chi connectivity index (χ2v) is 11.4. The number of rotatable bonds is 16. The topological polar surface area (TPSA) is 39.1 Å². The smallest absolute Gasteiger partial charge is 0.123 e. The molecule has 0 bridgehead atoms. The average Bonchev–Trinajstić information content (AvgIpc) is 3.34. The quantitative estimate of drug-likeness (QED) is 0.163. The summed E-state index contributed by atoms with van der Waals surface area (Å²) in [6.07, 6.45) is 9.93. The Labute approximate surface area is 253 Å². The van der Waals surface area contributed by atoms with Crippen molar-refractivity contribution in [2.45, 2.75) is 78.2 Å². The minimum Gasteiger partial charge on any atom is -0.372 e. The molecule has 42 heavy (non-hydrogen) atoms. The molecule has 0 aromatic heterocycles. The van der Waals surface area contributed by atoms with Gasteiger partial charge in [-0.05, 0) is 135 Å². The molecule has 0 saturated carbocycles. The zero-order valence-corrected chi connectivity index (χ0v) is 25.9. The van der Waals surface area contributed by atoms with Crippen LogP contribution in [0.2, 0.25) is 0 Å². The Morgan fingerprint density at radius 3 is 2.60 bits per heavy atom. The third kappa shape index (κ3) is 9.43. The molecule has 1 aliphatic rings. The monoisotopic (exact) mass is 565 g/mol. The van der Waals surface area contributed by atoms with Crippen LogP contribution in [0.4, 0.5) is 4.39 Å². The first-order chi connectivity index (χ1) is 20.2. The van der Waals surface area contributed by atoms with E-state index in [9.17, 15) is 9.65 Å². The predicted octanol–water partition coefficient (Wildman–Crippen LogP) is 9.31. The maximum Gasteiger partial charge on any atom is 0.123 e. The van der Waals surface area contributed by atoms with Gasteiger partial charge in [0.15, 0.2) is 0 Å². The molecular formula is C38H48FN3. The van der Waals surface area contributed by atoms with Crippen LogP contribution >= 0.6 is 0 Å². The number of aryl methyl sites for hydroxylation is 1. The van der Waals surface area contributed by atoms with Gasteiger partial charge >= 0.3 is 0 Å². The maximum atomic E-state index is 13.7. The van der Waals surface area contributed by atoms with Crippen molar-refractivity contribution in [3.8, 4) is 6.07 Å². The van der Waals surface area contributed by atoms with Gasteiger partial charge in [0.25, 0.3) is 0 Å². The van der Waals surface area contributed by atoms with E-state index in [1.54, 1.807) is 12.1 Å². The summed E-state index contributed by atoms with van der Waals surface area (Å²) in [4.78, 5) is 2.51. The number of allylic oxidation sites excluding steroid dienone is 7. The fourth-order valence-electron chi connectivity index (χ4n) is 5.79. The van der Waals surface area contributed by atoms with Crippen molar-refractivity contribution in [3.63, 3.8) is 0 Å². The van der Waals surface area contributed by atoms with Gasteiger partial charge in [-0.1, -0.05) is 63.1 Å². The van der Waals surface area contributed by atoms with E-state index in [1.165, 1.54) is 11.8 Å². The molecule has 1 unspecified atom stereocenters. The molecule has 1 N–H and O–H groups in total. The van der Waals surface area contributed by atoms with Gasteiger partial charge in [0, 0.05) is 18.3 Å². The van der Waals surface area contributed by atoms with E-state index < -0.39 is 0 Å². The molecule has 3 nitrogen and oxygen atoms in total. The van der Waals surface area contributed by atoms with Crippen LogP contribution in [0.5, 0.6) is 0 Å². The summed E-state index contributed by atoms with van der Waals surface area (Å²) in [6.45, 7) is 22.8. The molecule has 2 aromatic rings. The molecule has 1 aliphatic heterocycles. The van der Waals surface area contributed by atoms with Gasteiger partial charge < -0.3 is 10.2 Å². The SMILES string of the molecule is C=C(CCCc1cccc(F)c1)/C(=C\C(C)=C(/C)c1ccccc1C#N)C(=C)CCC1CCC(=C)N1CCCNCC. The van der Waals surface area contributed by atoms with Gasteiger partial charge in [0.1, 0.15) is 5.82 Å². The second kappa shape index (κ2) is 16.7. The van der Waals surface area contributed by atoms with Crippen LogP contribution in [-0.4, -0.2) is 30.6 Å². The minimum absolute atomic E-state index is 0.195. The lowest BCUT2D eigenvalue weighted by atomic mass is 9.88. The highest BCUT2D eigenvalue weighted by Crippen LogP contribution is 2.33. The van der Waals surface area contributed by atoms with Gasteiger partial charge in [0.05, 0.1) is 11.6 Å². The van der Waals surface area contributed by atoms with Crippen molar-refractivity contribution in [3.05, 3.63) is 125 Å². The summed E-state index contributed by atoms with van der Waals surface area (Å²) in [5.41, 5.74) is 9.29. The van der Waals surface area contributed by atoms with Crippen molar-refractivity contribution >= 4 is 5.57 Å². The van der Waals surface area contributed by atoms with E-state index in [1.807, 2.05) is 30.3 Å². The first-order valence-corrected chi connectivity index (χ1v) is 15.4. The molecule has 1 saturated heterocycles. The van der Waals surface area contributed by atoms with E-state index in [0.717, 1.165) is 110 Å². The third-order valence-corrected chi connectivity index (χ3v) is 8.39. The number of nitriles is 1. The first-order valence-electron chi connectivity index (χ1n) is 15.4. The highest BCUT2D eigenvalue weighted by molar-refractivity contribution is 5.73. The lowest BCUT2D eigenvalue weighted by Gasteiger charge is -2.28. The molecule has 222 valence electrons. The number of benzene rings is 2. The van der Waals surface area contributed by atoms with Crippen LogP contribution in [0, 0.1) is 17.1 Å². The fraction of sp³-hybridized carbons (Fsp3) is 0.395. The number of halogens is 1. The largest absolute Gasteiger partial charge is 0.372 e. The molecule has 0 spiro atoms. The van der Waals surface area contributed by atoms with Crippen molar-refractivity contribution in [2.75, 3.05) is 19.6 Å². The minimum atomic E-state index is -0.195. The summed E-state index contributed by atoms with van der Waals surface area (Å²) in [6, 6.07) is 17.4. The lowest BCUT2D eigenvalue weighted by Crippen LogP contribution is -2.31. The number of nitrogens with zero attached hydrogens (tertiary/aromatic N) is 2. The molecule has 1 atom stereocenters. The number of likely N-dealkylation sites (tertiary alicyclic amines) is 1. The van der Waals surface area contributed by atoms with Crippen LogP contribution in [0.1, 0.15) is 82.4 Å². The Kier molecular flexibility index (Phi) is 13.0. The lowest BCUT2D eigenvalue weighted by molar-refractivity contribution is 0.276. The second-order valence-electron chi connectivity index (χ2n) is 11.4. The van der Waals surface area contributed by atoms with E-state index in [0.29, 0.717) is 11.6 Å². The van der Waals surface area contributed by atoms with Gasteiger partial charge in [-0.15, -0.1) is 0 Å². The number of nitrogens with one attached hydrogen (secondary N) is 1. The Morgan fingerprint density at radius 1 is 1.10 bits per heavy atom. The number of hydrogen-bond acceptors (Lipinski definition) is 3. The molecular weight excluding hydrogens is 517 g/mol. The van der Waals surface area contributed by atoms with Crippen LogP contribution in [-0.2, 0) is 6.42 Å². The molecule has 2 aromatic carbocycles. The Morgan fingerprint density at radius 2 is 1.86 bits per heavy atom. The van der Waals surface area contributed by atoms with Gasteiger partial charge in [0.2, 0.25) is 0 Å².